The zero-order chi connectivity index (χ0) is 15.0. The van der Waals surface area contributed by atoms with E-state index in [1.165, 1.54) is 0 Å². The van der Waals surface area contributed by atoms with Gasteiger partial charge in [0.25, 0.3) is 0 Å². The first kappa shape index (κ1) is 15.3. The van der Waals surface area contributed by atoms with Crippen LogP contribution in [0.25, 0.3) is 0 Å². The molecule has 1 heterocycles. The topological polar surface area (TPSA) is 49.3 Å². The molecule has 0 aromatic heterocycles. The van der Waals surface area contributed by atoms with E-state index in [1.54, 1.807) is 24.3 Å². The summed E-state index contributed by atoms with van der Waals surface area (Å²) >= 11 is 3.25. The number of halogens is 4. The molecule has 0 spiro atoms. The van der Waals surface area contributed by atoms with E-state index in [9.17, 15) is 18.0 Å². The Morgan fingerprint density at radius 2 is 2.00 bits per heavy atom. The van der Waals surface area contributed by atoms with Crippen molar-refractivity contribution in [2.75, 3.05) is 13.1 Å². The number of aliphatic carboxylic acids is 1. The maximum absolute atomic E-state index is 13.3. The molecule has 1 aromatic rings. The number of rotatable bonds is 3. The van der Waals surface area contributed by atoms with Crippen molar-refractivity contribution in [2.24, 2.45) is 11.3 Å². The summed E-state index contributed by atoms with van der Waals surface area (Å²) in [7, 11) is 0. The Morgan fingerprint density at radius 1 is 1.40 bits per heavy atom. The second kappa shape index (κ2) is 5.37. The van der Waals surface area contributed by atoms with Crippen molar-refractivity contribution >= 4 is 21.9 Å². The second-order valence-corrected chi connectivity index (χ2v) is 5.85. The number of hydrogen-bond acceptors (Lipinski definition) is 2. The molecule has 0 unspecified atom stereocenters. The standard InChI is InChI=1S/C13H13BrF3NO2/c14-10-3-1-8(2-4-10)5-9-6-18-7-12(9,11(19)20)13(15,16)17/h1-4,9,18H,5-7H2,(H,19,20)/t9-,12+/m1/s1. The molecule has 1 aliphatic rings. The Morgan fingerprint density at radius 3 is 2.50 bits per heavy atom. The normalized spacial score (nSPS) is 26.7. The van der Waals surface area contributed by atoms with Gasteiger partial charge in [0.2, 0.25) is 0 Å². The number of carbonyl (C=O) groups is 1. The van der Waals surface area contributed by atoms with Gasteiger partial charge in [-0.15, -0.1) is 0 Å². The van der Waals surface area contributed by atoms with E-state index < -0.39 is 30.0 Å². The first-order chi connectivity index (χ1) is 9.27. The number of hydrogen-bond donors (Lipinski definition) is 2. The van der Waals surface area contributed by atoms with E-state index in [0.717, 1.165) is 4.47 Å². The fourth-order valence-electron chi connectivity index (χ4n) is 2.62. The van der Waals surface area contributed by atoms with Gasteiger partial charge in [0, 0.05) is 16.9 Å². The minimum absolute atomic E-state index is 0.0435. The molecular weight excluding hydrogens is 339 g/mol. The van der Waals surface area contributed by atoms with E-state index in [4.69, 9.17) is 5.11 Å². The van der Waals surface area contributed by atoms with Gasteiger partial charge in [-0.3, -0.25) is 4.79 Å². The lowest BCUT2D eigenvalue weighted by Crippen LogP contribution is -2.51. The van der Waals surface area contributed by atoms with Crippen molar-refractivity contribution in [2.45, 2.75) is 12.6 Å². The largest absolute Gasteiger partial charge is 0.481 e. The molecule has 3 nitrogen and oxygen atoms in total. The van der Waals surface area contributed by atoms with Gasteiger partial charge in [0.1, 0.15) is 0 Å². The highest BCUT2D eigenvalue weighted by molar-refractivity contribution is 9.10. The molecule has 110 valence electrons. The highest BCUT2D eigenvalue weighted by Crippen LogP contribution is 2.47. The fraction of sp³-hybridized carbons (Fsp3) is 0.462. The third kappa shape index (κ3) is 2.56. The van der Waals surface area contributed by atoms with Crippen LogP contribution in [0.1, 0.15) is 5.56 Å². The Balaban J connectivity index is 2.30. The van der Waals surface area contributed by atoms with Gasteiger partial charge in [0.15, 0.2) is 5.41 Å². The van der Waals surface area contributed by atoms with Crippen LogP contribution in [0.5, 0.6) is 0 Å². The van der Waals surface area contributed by atoms with Crippen LogP contribution in [0.15, 0.2) is 28.7 Å². The Hall–Kier alpha value is -1.08. The molecule has 2 N–H and O–H groups in total. The fourth-order valence-corrected chi connectivity index (χ4v) is 2.88. The van der Waals surface area contributed by atoms with Crippen molar-refractivity contribution in [3.8, 4) is 0 Å². The summed E-state index contributed by atoms with van der Waals surface area (Å²) in [5, 5.41) is 11.7. The van der Waals surface area contributed by atoms with Crippen LogP contribution in [0.3, 0.4) is 0 Å². The van der Waals surface area contributed by atoms with Gasteiger partial charge >= 0.3 is 12.1 Å². The number of benzene rings is 1. The summed E-state index contributed by atoms with van der Waals surface area (Å²) < 4.78 is 40.6. The van der Waals surface area contributed by atoms with Crippen molar-refractivity contribution < 1.29 is 23.1 Å². The predicted molar refractivity (Wildman–Crippen MR) is 70.3 cm³/mol. The third-order valence-electron chi connectivity index (χ3n) is 3.77. The molecule has 1 aromatic carbocycles. The first-order valence-electron chi connectivity index (χ1n) is 6.02. The van der Waals surface area contributed by atoms with E-state index >= 15 is 0 Å². The Bertz CT molecular complexity index is 503. The lowest BCUT2D eigenvalue weighted by Gasteiger charge is -2.32. The van der Waals surface area contributed by atoms with Crippen LogP contribution in [0.2, 0.25) is 0 Å². The van der Waals surface area contributed by atoms with Gasteiger partial charge in [-0.25, -0.2) is 0 Å². The Kier molecular flexibility index (Phi) is 4.11. The second-order valence-electron chi connectivity index (χ2n) is 4.93. The van der Waals surface area contributed by atoms with Gasteiger partial charge in [-0.2, -0.15) is 13.2 Å². The summed E-state index contributed by atoms with van der Waals surface area (Å²) in [4.78, 5) is 11.3. The van der Waals surface area contributed by atoms with E-state index in [0.29, 0.717) is 5.56 Å². The average Bonchev–Trinajstić information content (AvgIpc) is 2.76. The molecule has 1 saturated heterocycles. The summed E-state index contributed by atoms with van der Waals surface area (Å²) in [6.45, 7) is -0.533. The molecule has 0 radical (unpaired) electrons. The lowest BCUT2D eigenvalue weighted by atomic mass is 9.74. The molecule has 0 saturated carbocycles. The van der Waals surface area contributed by atoms with Gasteiger partial charge < -0.3 is 10.4 Å². The predicted octanol–water partition coefficient (Wildman–Crippen LogP) is 2.84. The van der Waals surface area contributed by atoms with Crippen LogP contribution in [-0.2, 0) is 11.2 Å². The molecule has 2 rings (SSSR count). The van der Waals surface area contributed by atoms with Gasteiger partial charge in [-0.05, 0) is 30.7 Å². The molecule has 7 heteroatoms. The van der Waals surface area contributed by atoms with Crippen molar-refractivity contribution in [3.05, 3.63) is 34.3 Å². The molecule has 1 aliphatic heterocycles. The molecule has 2 atom stereocenters. The van der Waals surface area contributed by atoms with Crippen LogP contribution in [-0.4, -0.2) is 30.3 Å². The smallest absolute Gasteiger partial charge is 0.406 e. The Labute approximate surface area is 122 Å². The quantitative estimate of drug-likeness (QED) is 0.880. The zero-order valence-electron chi connectivity index (χ0n) is 10.4. The van der Waals surface area contributed by atoms with Crippen molar-refractivity contribution in [1.29, 1.82) is 0 Å². The number of alkyl halides is 3. The molecule has 20 heavy (non-hydrogen) atoms. The first-order valence-corrected chi connectivity index (χ1v) is 6.82. The van der Waals surface area contributed by atoms with Gasteiger partial charge in [-0.1, -0.05) is 28.1 Å². The van der Waals surface area contributed by atoms with E-state index in [-0.39, 0.29) is 13.0 Å². The number of carboxylic acids is 1. The van der Waals surface area contributed by atoms with Crippen LogP contribution in [0.4, 0.5) is 13.2 Å². The maximum atomic E-state index is 13.3. The molecule has 1 fully saturated rings. The molecule has 0 amide bonds. The van der Waals surface area contributed by atoms with E-state index in [2.05, 4.69) is 21.2 Å². The number of nitrogens with one attached hydrogen (secondary N) is 1. The molecular formula is C13H13BrF3NO2. The molecule has 0 aliphatic carbocycles. The van der Waals surface area contributed by atoms with Crippen molar-refractivity contribution in [1.82, 2.24) is 5.32 Å². The van der Waals surface area contributed by atoms with E-state index in [1.807, 2.05) is 0 Å². The van der Waals surface area contributed by atoms with Crippen LogP contribution in [0, 0.1) is 11.3 Å². The highest BCUT2D eigenvalue weighted by Gasteiger charge is 2.66. The van der Waals surface area contributed by atoms with Crippen molar-refractivity contribution in [3.63, 3.8) is 0 Å². The minimum Gasteiger partial charge on any atom is -0.481 e. The van der Waals surface area contributed by atoms with Crippen LogP contribution < -0.4 is 5.32 Å². The summed E-state index contributed by atoms with van der Waals surface area (Å²) in [6, 6.07) is 6.86. The maximum Gasteiger partial charge on any atom is 0.406 e. The highest BCUT2D eigenvalue weighted by atomic mass is 79.9. The molecule has 0 bridgehead atoms. The monoisotopic (exact) mass is 351 g/mol. The summed E-state index contributed by atoms with van der Waals surface area (Å²) in [5.74, 6) is -2.82. The lowest BCUT2D eigenvalue weighted by molar-refractivity contribution is -0.236. The zero-order valence-corrected chi connectivity index (χ0v) is 12.0. The SMILES string of the molecule is O=C(O)[C@]1(C(F)(F)F)CNC[C@H]1Cc1ccc(Br)cc1. The summed E-state index contributed by atoms with van der Waals surface area (Å²) in [6.07, 6.45) is -4.70. The summed E-state index contributed by atoms with van der Waals surface area (Å²) in [5.41, 5.74) is -2.02. The van der Waals surface area contributed by atoms with Crippen LogP contribution >= 0.6 is 15.9 Å². The minimum atomic E-state index is -4.78. The third-order valence-corrected chi connectivity index (χ3v) is 4.30. The number of carboxylic acid groups (broad SMARTS) is 1. The van der Waals surface area contributed by atoms with Gasteiger partial charge in [0.05, 0.1) is 0 Å². The average molecular weight is 352 g/mol.